The third-order valence-corrected chi connectivity index (χ3v) is 7.20. The third-order valence-electron chi connectivity index (χ3n) is 5.22. The number of primary amides is 1. The summed E-state index contributed by atoms with van der Waals surface area (Å²) in [6.45, 7) is 0. The number of hydrogen-bond acceptors (Lipinski definition) is 9. The molecule has 0 spiro atoms. The Bertz CT molecular complexity index is 1280. The Morgan fingerprint density at radius 3 is 2.68 bits per heavy atom. The number of alkyl halides is 3. The summed E-state index contributed by atoms with van der Waals surface area (Å²) in [5.74, 6) is -3.48. The lowest BCUT2D eigenvalue weighted by Gasteiger charge is -2.42. The number of benzene rings is 2. The molecule has 5 N–H and O–H groups in total. The molecule has 180 valence electrons. The molecule has 2 aromatic carbocycles. The minimum atomic E-state index is -4.83. The Morgan fingerprint density at radius 1 is 1.32 bits per heavy atom. The maximum Gasteiger partial charge on any atom is 0.573 e. The van der Waals surface area contributed by atoms with Crippen LogP contribution in [0.4, 0.5) is 29.7 Å². The second-order valence-corrected chi connectivity index (χ2v) is 9.30. The monoisotopic (exact) mass is 513 g/mol. The summed E-state index contributed by atoms with van der Waals surface area (Å²) in [4.78, 5) is 30.0. The Labute approximate surface area is 199 Å². The molecule has 0 aliphatic carbocycles. The second-order valence-electron chi connectivity index (χ2n) is 7.33. The van der Waals surface area contributed by atoms with Gasteiger partial charge < -0.3 is 31.1 Å². The van der Waals surface area contributed by atoms with E-state index in [1.54, 1.807) is 24.3 Å². The first kappa shape index (κ1) is 23.8. The van der Waals surface area contributed by atoms with Gasteiger partial charge in [0.1, 0.15) is 11.0 Å². The van der Waals surface area contributed by atoms with Gasteiger partial charge in [0.2, 0.25) is 11.7 Å². The van der Waals surface area contributed by atoms with Crippen molar-refractivity contribution in [1.82, 2.24) is 4.98 Å². The molecule has 2 heterocycles. The highest BCUT2D eigenvalue weighted by molar-refractivity contribution is 8.00. The van der Waals surface area contributed by atoms with E-state index in [1.165, 1.54) is 36.0 Å². The lowest BCUT2D eigenvalue weighted by molar-refractivity contribution is -0.274. The van der Waals surface area contributed by atoms with Gasteiger partial charge in [0.25, 0.3) is 0 Å². The zero-order chi connectivity index (χ0) is 24.8. The molecule has 1 amide bonds. The standard InChI is InChI=1S/C20H18F3N5O4S2/c1-28-13-6-3-9(17(30)31)7-12(13)26-19(28,15(33-2)16(24)29)27-18-25-11-5-4-10(8-14(11)34-18)32-20(21,22)23/h3-8,15,26H,1-2H3,(H2,24,29)(H,25,27)(H,30,31). The number of hydrogen-bond donors (Lipinski definition) is 4. The number of aromatic carboxylic acids is 1. The van der Waals surface area contributed by atoms with Crippen LogP contribution in [0, 0.1) is 0 Å². The number of rotatable bonds is 7. The van der Waals surface area contributed by atoms with Gasteiger partial charge in [0.15, 0.2) is 5.13 Å². The number of carbonyl (C=O) groups is 2. The van der Waals surface area contributed by atoms with Gasteiger partial charge in [-0.05, 0) is 36.6 Å². The van der Waals surface area contributed by atoms with Crippen LogP contribution < -0.4 is 26.0 Å². The summed E-state index contributed by atoms with van der Waals surface area (Å²) >= 11 is 2.23. The molecule has 0 saturated heterocycles. The molecule has 0 fully saturated rings. The van der Waals surface area contributed by atoms with Gasteiger partial charge in [-0.25, -0.2) is 9.78 Å². The van der Waals surface area contributed by atoms with Crippen LogP contribution in [-0.4, -0.2) is 52.7 Å². The average Bonchev–Trinajstić information content (AvgIpc) is 3.24. The highest BCUT2D eigenvalue weighted by Crippen LogP contribution is 2.44. The van der Waals surface area contributed by atoms with Crippen LogP contribution in [0.3, 0.4) is 0 Å². The molecule has 3 aromatic rings. The number of nitrogens with zero attached hydrogens (tertiary/aromatic N) is 2. The zero-order valence-electron chi connectivity index (χ0n) is 17.6. The molecule has 2 atom stereocenters. The van der Waals surface area contributed by atoms with E-state index >= 15 is 0 Å². The van der Waals surface area contributed by atoms with Crippen molar-refractivity contribution in [2.45, 2.75) is 17.4 Å². The van der Waals surface area contributed by atoms with Gasteiger partial charge >= 0.3 is 12.3 Å². The number of nitrogens with one attached hydrogen (secondary N) is 2. The number of anilines is 3. The molecule has 14 heteroatoms. The molecular formula is C20H18F3N5O4S2. The lowest BCUT2D eigenvalue weighted by atomic mass is 10.2. The van der Waals surface area contributed by atoms with Crippen LogP contribution in [0.15, 0.2) is 36.4 Å². The maximum atomic E-state index is 12.6. The van der Waals surface area contributed by atoms with Crippen LogP contribution >= 0.6 is 23.1 Å². The SMILES string of the molecule is CSC(C(N)=O)C1(Nc2nc3ccc(OC(F)(F)F)cc3s2)Nc2cc(C(=O)O)ccc2N1C. The van der Waals surface area contributed by atoms with Crippen molar-refractivity contribution in [2.75, 3.05) is 28.8 Å². The smallest absolute Gasteiger partial charge is 0.478 e. The minimum Gasteiger partial charge on any atom is -0.478 e. The number of aromatic nitrogens is 1. The molecule has 0 saturated carbocycles. The number of amides is 1. The second kappa shape index (κ2) is 8.43. The first-order valence-corrected chi connectivity index (χ1v) is 11.7. The average molecular weight is 514 g/mol. The molecule has 9 nitrogen and oxygen atoms in total. The summed E-state index contributed by atoms with van der Waals surface area (Å²) in [6, 6.07) is 8.25. The Kier molecular flexibility index (Phi) is 5.89. The molecule has 34 heavy (non-hydrogen) atoms. The first-order valence-electron chi connectivity index (χ1n) is 9.59. The van der Waals surface area contributed by atoms with Gasteiger partial charge in [-0.15, -0.1) is 24.9 Å². The molecule has 1 aliphatic rings. The van der Waals surface area contributed by atoms with Crippen molar-refractivity contribution in [3.63, 3.8) is 0 Å². The van der Waals surface area contributed by atoms with E-state index in [-0.39, 0.29) is 11.3 Å². The van der Waals surface area contributed by atoms with Crippen molar-refractivity contribution >= 4 is 61.7 Å². The summed E-state index contributed by atoms with van der Waals surface area (Å²) in [5, 5.41) is 15.1. The quantitative estimate of drug-likeness (QED) is 0.373. The predicted octanol–water partition coefficient (Wildman–Crippen LogP) is 3.74. The highest BCUT2D eigenvalue weighted by atomic mass is 32.2. The van der Waals surface area contributed by atoms with E-state index in [0.717, 1.165) is 17.4 Å². The van der Waals surface area contributed by atoms with E-state index in [9.17, 15) is 27.9 Å². The number of thiazole rings is 1. The molecule has 0 bridgehead atoms. The number of carbonyl (C=O) groups excluding carboxylic acids is 1. The van der Waals surface area contributed by atoms with E-state index in [4.69, 9.17) is 5.73 Å². The summed E-state index contributed by atoms with van der Waals surface area (Å²) in [5.41, 5.74) is 7.23. The fourth-order valence-electron chi connectivity index (χ4n) is 3.77. The van der Waals surface area contributed by atoms with E-state index in [0.29, 0.717) is 26.7 Å². The van der Waals surface area contributed by atoms with Crippen LogP contribution in [0.5, 0.6) is 5.75 Å². The van der Waals surface area contributed by atoms with Gasteiger partial charge in [-0.2, -0.15) is 0 Å². The van der Waals surface area contributed by atoms with Crippen LogP contribution in [-0.2, 0) is 4.79 Å². The van der Waals surface area contributed by atoms with Gasteiger partial charge in [-0.1, -0.05) is 11.3 Å². The van der Waals surface area contributed by atoms with E-state index in [2.05, 4.69) is 20.4 Å². The molecule has 0 radical (unpaired) electrons. The van der Waals surface area contributed by atoms with Crippen molar-refractivity contribution in [3.05, 3.63) is 42.0 Å². The summed E-state index contributed by atoms with van der Waals surface area (Å²) in [6.07, 6.45) is -3.13. The Balaban J connectivity index is 1.75. The van der Waals surface area contributed by atoms with E-state index < -0.39 is 29.3 Å². The van der Waals surface area contributed by atoms with Gasteiger partial charge in [0, 0.05) is 13.1 Å². The number of ether oxygens (including phenoxy) is 1. The van der Waals surface area contributed by atoms with Crippen molar-refractivity contribution in [1.29, 1.82) is 0 Å². The Morgan fingerprint density at radius 2 is 2.06 bits per heavy atom. The predicted molar refractivity (Wildman–Crippen MR) is 125 cm³/mol. The summed E-state index contributed by atoms with van der Waals surface area (Å²) < 4.78 is 42.1. The first-order chi connectivity index (χ1) is 15.9. The molecule has 2 unspecified atom stereocenters. The molecular weight excluding hydrogens is 495 g/mol. The van der Waals surface area contributed by atoms with Crippen molar-refractivity contribution in [2.24, 2.45) is 5.73 Å². The number of halogens is 3. The minimum absolute atomic E-state index is 0.0485. The lowest BCUT2D eigenvalue weighted by Crippen LogP contribution is -2.65. The van der Waals surface area contributed by atoms with Crippen LogP contribution in [0.1, 0.15) is 10.4 Å². The van der Waals surface area contributed by atoms with E-state index in [1.807, 2.05) is 0 Å². The van der Waals surface area contributed by atoms with Gasteiger partial charge in [0.05, 0.1) is 27.2 Å². The number of carboxylic acid groups (broad SMARTS) is 1. The number of nitrogens with two attached hydrogens (primary N) is 1. The highest BCUT2D eigenvalue weighted by Gasteiger charge is 2.51. The number of thioether (sulfide) groups is 1. The molecule has 4 rings (SSSR count). The van der Waals surface area contributed by atoms with Crippen LogP contribution in [0.2, 0.25) is 0 Å². The fourth-order valence-corrected chi connectivity index (χ4v) is 5.58. The van der Waals surface area contributed by atoms with Gasteiger partial charge in [-0.3, -0.25) is 4.79 Å². The zero-order valence-corrected chi connectivity index (χ0v) is 19.3. The fraction of sp³-hybridized carbons (Fsp3) is 0.250. The van der Waals surface area contributed by atoms with Crippen molar-refractivity contribution < 1.29 is 32.6 Å². The molecule has 1 aromatic heterocycles. The topological polar surface area (TPSA) is 130 Å². The summed E-state index contributed by atoms with van der Waals surface area (Å²) in [7, 11) is 1.70. The van der Waals surface area contributed by atoms with Crippen LogP contribution in [0.25, 0.3) is 10.2 Å². The number of fused-ring (bicyclic) bond motifs is 2. The maximum absolute atomic E-state index is 12.6. The largest absolute Gasteiger partial charge is 0.573 e. The number of carboxylic acids is 1. The normalized spacial score (nSPS) is 18.3. The Hall–Kier alpha value is -3.39. The van der Waals surface area contributed by atoms with Crippen molar-refractivity contribution in [3.8, 4) is 5.75 Å². The molecule has 1 aliphatic heterocycles. The third kappa shape index (κ3) is 4.25.